The number of hydrogen-bond donors (Lipinski definition) is 1. The molecule has 120 valence electrons. The number of carbonyl (C=O) groups is 1. The Morgan fingerprint density at radius 1 is 1.36 bits per heavy atom. The number of hydrogen-bond acceptors (Lipinski definition) is 3. The molecule has 0 spiro atoms. The van der Waals surface area contributed by atoms with Gasteiger partial charge in [0, 0.05) is 36.4 Å². The van der Waals surface area contributed by atoms with Crippen molar-refractivity contribution in [1.82, 2.24) is 9.88 Å². The lowest BCUT2D eigenvalue weighted by Gasteiger charge is -2.23. The maximum Gasteiger partial charge on any atom is 0.254 e. The summed E-state index contributed by atoms with van der Waals surface area (Å²) in [5.74, 6) is 0.0963. The smallest absolute Gasteiger partial charge is 0.254 e. The summed E-state index contributed by atoms with van der Waals surface area (Å²) in [5.41, 5.74) is 6.63. The SMILES string of the molecule is CC1(CN)CCN(C(=O)c2cccc3cnccc23)C1.Cl.Cl. The van der Waals surface area contributed by atoms with Gasteiger partial charge in [0.1, 0.15) is 0 Å². The molecule has 1 unspecified atom stereocenters. The van der Waals surface area contributed by atoms with Crippen LogP contribution in [-0.2, 0) is 0 Å². The molecule has 1 aliphatic rings. The average molecular weight is 342 g/mol. The van der Waals surface area contributed by atoms with Crippen LogP contribution < -0.4 is 5.73 Å². The van der Waals surface area contributed by atoms with Gasteiger partial charge in [0.15, 0.2) is 0 Å². The van der Waals surface area contributed by atoms with E-state index in [0.29, 0.717) is 6.54 Å². The highest BCUT2D eigenvalue weighted by Gasteiger charge is 2.35. The molecule has 0 radical (unpaired) electrons. The second-order valence-electron chi connectivity index (χ2n) is 5.89. The van der Waals surface area contributed by atoms with Crippen LogP contribution in [0.4, 0.5) is 0 Å². The standard InChI is InChI=1S/C16H19N3O.2ClH/c1-16(10-17)6-8-19(11-16)15(20)14-4-2-3-12-9-18-7-5-13(12)14;;/h2-5,7,9H,6,8,10-11,17H2,1H3;2*1H. The van der Waals surface area contributed by atoms with Gasteiger partial charge >= 0.3 is 0 Å². The van der Waals surface area contributed by atoms with Crippen molar-refractivity contribution in [2.75, 3.05) is 19.6 Å². The van der Waals surface area contributed by atoms with Crippen molar-refractivity contribution in [2.45, 2.75) is 13.3 Å². The number of halogens is 2. The minimum Gasteiger partial charge on any atom is -0.338 e. The fraction of sp³-hybridized carbons (Fsp3) is 0.375. The summed E-state index contributed by atoms with van der Waals surface area (Å²) in [5, 5.41) is 1.97. The molecule has 0 saturated carbocycles. The van der Waals surface area contributed by atoms with Crippen LogP contribution >= 0.6 is 24.8 Å². The summed E-state index contributed by atoms with van der Waals surface area (Å²) in [6.45, 7) is 4.29. The number of carbonyl (C=O) groups excluding carboxylic acids is 1. The zero-order chi connectivity index (χ0) is 14.2. The summed E-state index contributed by atoms with van der Waals surface area (Å²) in [6.07, 6.45) is 4.49. The third-order valence-electron chi connectivity index (χ3n) is 4.25. The predicted octanol–water partition coefficient (Wildman–Crippen LogP) is 2.89. The normalized spacial score (nSPS) is 20.4. The number of rotatable bonds is 2. The lowest BCUT2D eigenvalue weighted by molar-refractivity contribution is 0.0779. The van der Waals surface area contributed by atoms with Crippen molar-refractivity contribution < 1.29 is 4.79 Å². The van der Waals surface area contributed by atoms with Crippen molar-refractivity contribution >= 4 is 41.5 Å². The zero-order valence-corrected chi connectivity index (χ0v) is 14.1. The molecule has 1 aromatic carbocycles. The molecule has 6 heteroatoms. The maximum absolute atomic E-state index is 12.7. The molecule has 0 aliphatic carbocycles. The summed E-state index contributed by atoms with van der Waals surface area (Å²) in [6, 6.07) is 7.69. The van der Waals surface area contributed by atoms with E-state index >= 15 is 0 Å². The highest BCUT2D eigenvalue weighted by atomic mass is 35.5. The van der Waals surface area contributed by atoms with E-state index in [1.54, 1.807) is 12.4 Å². The van der Waals surface area contributed by atoms with E-state index in [-0.39, 0.29) is 36.1 Å². The fourth-order valence-corrected chi connectivity index (χ4v) is 2.84. The Morgan fingerprint density at radius 2 is 2.14 bits per heavy atom. The summed E-state index contributed by atoms with van der Waals surface area (Å²) in [7, 11) is 0. The monoisotopic (exact) mass is 341 g/mol. The molecular weight excluding hydrogens is 321 g/mol. The van der Waals surface area contributed by atoms with Crippen LogP contribution in [0.2, 0.25) is 0 Å². The number of nitrogens with zero attached hydrogens (tertiary/aromatic N) is 2. The lowest BCUT2D eigenvalue weighted by Crippen LogP contribution is -2.34. The lowest BCUT2D eigenvalue weighted by atomic mass is 9.90. The molecule has 3 rings (SSSR count). The van der Waals surface area contributed by atoms with Crippen molar-refractivity contribution in [1.29, 1.82) is 0 Å². The zero-order valence-electron chi connectivity index (χ0n) is 12.5. The van der Waals surface area contributed by atoms with Crippen LogP contribution in [0, 0.1) is 5.41 Å². The molecule has 1 aliphatic heterocycles. The first-order valence-corrected chi connectivity index (χ1v) is 6.95. The molecule has 1 atom stereocenters. The Labute approximate surface area is 142 Å². The van der Waals surface area contributed by atoms with Gasteiger partial charge < -0.3 is 10.6 Å². The first-order chi connectivity index (χ1) is 9.63. The highest BCUT2D eigenvalue weighted by Crippen LogP contribution is 2.30. The third kappa shape index (κ3) is 3.35. The first-order valence-electron chi connectivity index (χ1n) is 6.95. The minimum absolute atomic E-state index is 0. The highest BCUT2D eigenvalue weighted by molar-refractivity contribution is 6.06. The Hall–Kier alpha value is -1.36. The number of nitrogens with two attached hydrogens (primary N) is 1. The number of aromatic nitrogens is 1. The van der Waals surface area contributed by atoms with Gasteiger partial charge in [-0.15, -0.1) is 24.8 Å². The van der Waals surface area contributed by atoms with E-state index in [1.165, 1.54) is 0 Å². The quantitative estimate of drug-likeness (QED) is 0.913. The van der Waals surface area contributed by atoms with Crippen molar-refractivity contribution in [3.8, 4) is 0 Å². The summed E-state index contributed by atoms with van der Waals surface area (Å²) < 4.78 is 0. The molecule has 1 aromatic heterocycles. The summed E-state index contributed by atoms with van der Waals surface area (Å²) in [4.78, 5) is 18.8. The van der Waals surface area contributed by atoms with Crippen LogP contribution in [0.3, 0.4) is 0 Å². The second-order valence-corrected chi connectivity index (χ2v) is 5.89. The van der Waals surface area contributed by atoms with Gasteiger partial charge in [0.05, 0.1) is 0 Å². The van der Waals surface area contributed by atoms with E-state index in [9.17, 15) is 4.79 Å². The average Bonchev–Trinajstić information content (AvgIpc) is 2.89. The van der Waals surface area contributed by atoms with Crippen LogP contribution in [0.1, 0.15) is 23.7 Å². The molecule has 1 saturated heterocycles. The van der Waals surface area contributed by atoms with E-state index in [4.69, 9.17) is 5.73 Å². The fourth-order valence-electron chi connectivity index (χ4n) is 2.84. The molecule has 0 bridgehead atoms. The van der Waals surface area contributed by atoms with E-state index in [1.807, 2.05) is 29.2 Å². The Bertz CT molecular complexity index is 659. The van der Waals surface area contributed by atoms with Crippen LogP contribution in [0.15, 0.2) is 36.7 Å². The number of benzene rings is 1. The van der Waals surface area contributed by atoms with Gasteiger partial charge in [-0.1, -0.05) is 19.1 Å². The van der Waals surface area contributed by atoms with Crippen LogP contribution in [-0.4, -0.2) is 35.4 Å². The Morgan fingerprint density at radius 3 is 2.82 bits per heavy atom. The maximum atomic E-state index is 12.7. The Kier molecular flexibility index (Phi) is 6.17. The second kappa shape index (κ2) is 7.27. The van der Waals surface area contributed by atoms with Gasteiger partial charge in [-0.3, -0.25) is 9.78 Å². The topological polar surface area (TPSA) is 59.2 Å². The van der Waals surface area contributed by atoms with Crippen molar-refractivity contribution in [3.05, 3.63) is 42.2 Å². The molecule has 1 amide bonds. The van der Waals surface area contributed by atoms with E-state index in [0.717, 1.165) is 35.8 Å². The molecule has 2 N–H and O–H groups in total. The number of fused-ring (bicyclic) bond motifs is 1. The number of likely N-dealkylation sites (tertiary alicyclic amines) is 1. The van der Waals surface area contributed by atoms with Crippen LogP contribution in [0.5, 0.6) is 0 Å². The Balaban J connectivity index is 0.00000121. The minimum atomic E-state index is 0. The van der Waals surface area contributed by atoms with E-state index in [2.05, 4.69) is 11.9 Å². The summed E-state index contributed by atoms with van der Waals surface area (Å²) >= 11 is 0. The van der Waals surface area contributed by atoms with Gasteiger partial charge in [-0.05, 0) is 35.9 Å². The largest absolute Gasteiger partial charge is 0.338 e. The molecule has 2 aromatic rings. The predicted molar refractivity (Wildman–Crippen MR) is 93.9 cm³/mol. The van der Waals surface area contributed by atoms with E-state index < -0.39 is 0 Å². The van der Waals surface area contributed by atoms with Crippen molar-refractivity contribution in [2.24, 2.45) is 11.1 Å². The third-order valence-corrected chi connectivity index (χ3v) is 4.25. The van der Waals surface area contributed by atoms with Gasteiger partial charge in [0.2, 0.25) is 0 Å². The van der Waals surface area contributed by atoms with Crippen molar-refractivity contribution in [3.63, 3.8) is 0 Å². The van der Waals surface area contributed by atoms with Gasteiger partial charge in [-0.25, -0.2) is 0 Å². The number of amides is 1. The molecule has 4 nitrogen and oxygen atoms in total. The molecular formula is C16H21Cl2N3O. The van der Waals surface area contributed by atoms with Gasteiger partial charge in [0.25, 0.3) is 5.91 Å². The van der Waals surface area contributed by atoms with Gasteiger partial charge in [-0.2, -0.15) is 0 Å². The molecule has 2 heterocycles. The number of pyridine rings is 1. The molecule has 1 fully saturated rings. The van der Waals surface area contributed by atoms with Crippen LogP contribution in [0.25, 0.3) is 10.8 Å². The molecule has 22 heavy (non-hydrogen) atoms. The first kappa shape index (κ1) is 18.7.